The fourth-order valence-corrected chi connectivity index (χ4v) is 5.90. The zero-order valence-corrected chi connectivity index (χ0v) is 10.5. The van der Waals surface area contributed by atoms with Crippen molar-refractivity contribution < 1.29 is 9.09 Å². The third-order valence-electron chi connectivity index (χ3n) is 1.10. The van der Waals surface area contributed by atoms with Crippen LogP contribution in [0.2, 0.25) is 0 Å². The van der Waals surface area contributed by atoms with Crippen LogP contribution in [0.1, 0.15) is 27.7 Å². The zero-order valence-electron chi connectivity index (χ0n) is 8.82. The van der Waals surface area contributed by atoms with Gasteiger partial charge in [0.1, 0.15) is 0 Å². The predicted octanol–water partition coefficient (Wildman–Crippen LogP) is 3.93. The highest BCUT2D eigenvalue weighted by atomic mass is 32.7. The Kier molecular flexibility index (Phi) is 6.02. The smallest absolute Gasteiger partial charge is 0.261 e. The third kappa shape index (κ3) is 6.36. The second kappa shape index (κ2) is 5.90. The first-order valence-corrected chi connectivity index (χ1v) is 7.76. The largest absolute Gasteiger partial charge is 0.318 e. The van der Waals surface area contributed by atoms with Gasteiger partial charge in [-0.2, -0.15) is 0 Å². The molecule has 1 atom stereocenters. The summed E-state index contributed by atoms with van der Waals surface area (Å²) in [5, 5.41) is 0.324. The molecule has 0 aromatic carbocycles. The third-order valence-corrected chi connectivity index (χ3v) is 6.22. The van der Waals surface area contributed by atoms with Crippen LogP contribution in [0, 0.1) is 0 Å². The van der Waals surface area contributed by atoms with Crippen LogP contribution in [0.3, 0.4) is 0 Å². The summed E-state index contributed by atoms with van der Waals surface area (Å²) in [7, 11) is 0. The van der Waals surface area contributed by atoms with Crippen molar-refractivity contribution in [2.75, 3.05) is 6.16 Å². The molecular weight excluding hydrogens is 203 g/mol. The molecule has 0 rings (SSSR count). The van der Waals surface area contributed by atoms with Crippen molar-refractivity contribution in [2.45, 2.75) is 39.0 Å². The van der Waals surface area contributed by atoms with Gasteiger partial charge in [0.25, 0.3) is 6.57 Å². The molecule has 1 unspecified atom stereocenters. The highest BCUT2D eigenvalue weighted by molar-refractivity contribution is 8.56. The minimum Gasteiger partial charge on any atom is -0.318 e. The molecule has 0 bridgehead atoms. The van der Waals surface area contributed by atoms with Crippen molar-refractivity contribution in [3.63, 3.8) is 0 Å². The van der Waals surface area contributed by atoms with Crippen LogP contribution in [-0.2, 0) is 9.09 Å². The van der Waals surface area contributed by atoms with E-state index in [4.69, 9.17) is 4.52 Å². The lowest BCUT2D eigenvalue weighted by Gasteiger charge is -2.20. The van der Waals surface area contributed by atoms with E-state index < -0.39 is 6.57 Å². The molecule has 0 radical (unpaired) electrons. The van der Waals surface area contributed by atoms with Crippen LogP contribution in [0.15, 0.2) is 12.7 Å². The molecule has 0 aromatic rings. The lowest BCUT2D eigenvalue weighted by molar-refractivity contribution is 0.254. The number of rotatable bonds is 6. The molecule has 0 heterocycles. The minimum absolute atomic E-state index is 0.0111. The average Bonchev–Trinajstić information content (AvgIpc) is 1.81. The maximum Gasteiger partial charge on any atom is 0.261 e. The lowest BCUT2D eigenvalue weighted by Crippen LogP contribution is -2.02. The Morgan fingerprint density at radius 1 is 1.46 bits per heavy atom. The van der Waals surface area contributed by atoms with Crippen molar-refractivity contribution in [3.05, 3.63) is 12.7 Å². The summed E-state index contributed by atoms with van der Waals surface area (Å²) >= 11 is 1.42. The predicted molar refractivity (Wildman–Crippen MR) is 61.6 cm³/mol. The van der Waals surface area contributed by atoms with E-state index in [2.05, 4.69) is 6.58 Å². The Hall–Kier alpha value is 0.280. The second-order valence-electron chi connectivity index (χ2n) is 3.39. The Bertz CT molecular complexity index is 188. The quantitative estimate of drug-likeness (QED) is 0.503. The van der Waals surface area contributed by atoms with Gasteiger partial charge in [-0.15, -0.1) is 6.58 Å². The van der Waals surface area contributed by atoms with Crippen molar-refractivity contribution >= 4 is 18.0 Å². The topological polar surface area (TPSA) is 26.3 Å². The minimum atomic E-state index is -2.53. The monoisotopic (exact) mass is 222 g/mol. The summed E-state index contributed by atoms with van der Waals surface area (Å²) in [6, 6.07) is 0. The van der Waals surface area contributed by atoms with Gasteiger partial charge in [-0.25, -0.2) is 0 Å². The summed E-state index contributed by atoms with van der Waals surface area (Å²) in [6.07, 6.45) is 2.13. The van der Waals surface area contributed by atoms with E-state index in [1.165, 1.54) is 11.4 Å². The van der Waals surface area contributed by atoms with E-state index in [9.17, 15) is 4.57 Å². The van der Waals surface area contributed by atoms with E-state index in [0.717, 1.165) is 0 Å². The first-order valence-electron chi connectivity index (χ1n) is 4.46. The molecule has 0 aliphatic carbocycles. The fraction of sp³-hybridized carbons (Fsp3) is 0.778. The number of allylic oxidation sites excluding steroid dienone is 1. The Morgan fingerprint density at radius 3 is 2.31 bits per heavy atom. The van der Waals surface area contributed by atoms with E-state index in [-0.39, 0.29) is 6.10 Å². The molecule has 78 valence electrons. The molecule has 0 spiro atoms. The molecule has 13 heavy (non-hydrogen) atoms. The summed E-state index contributed by atoms with van der Waals surface area (Å²) in [6.45, 7) is 8.90. The van der Waals surface area contributed by atoms with E-state index in [1.807, 2.05) is 27.7 Å². The molecule has 0 N–H and O–H groups in total. The molecule has 0 fully saturated rings. The molecule has 4 heteroatoms. The first-order chi connectivity index (χ1) is 5.89. The van der Waals surface area contributed by atoms with Crippen LogP contribution < -0.4 is 0 Å². The molecule has 0 aromatic heterocycles. The average molecular weight is 222 g/mol. The van der Waals surface area contributed by atoms with Gasteiger partial charge in [-0.3, -0.25) is 4.57 Å². The van der Waals surface area contributed by atoms with Gasteiger partial charge >= 0.3 is 0 Å². The van der Waals surface area contributed by atoms with E-state index in [1.54, 1.807) is 6.08 Å². The molecule has 0 aliphatic heterocycles. The molecule has 0 saturated carbocycles. The Labute approximate surface area is 85.3 Å². The van der Waals surface area contributed by atoms with Crippen LogP contribution >= 0.6 is 18.0 Å². The summed E-state index contributed by atoms with van der Waals surface area (Å²) in [4.78, 5) is 0. The maximum absolute atomic E-state index is 12.1. The summed E-state index contributed by atoms with van der Waals surface area (Å²) in [5.41, 5.74) is 0. The van der Waals surface area contributed by atoms with E-state index in [0.29, 0.717) is 11.4 Å². The summed E-state index contributed by atoms with van der Waals surface area (Å²) < 4.78 is 17.5. The highest BCUT2D eigenvalue weighted by Crippen LogP contribution is 2.61. The van der Waals surface area contributed by atoms with Gasteiger partial charge in [-0.05, 0) is 13.8 Å². The number of hydrogen-bond acceptors (Lipinski definition) is 3. The fourth-order valence-electron chi connectivity index (χ4n) is 0.911. The molecule has 0 saturated heterocycles. The van der Waals surface area contributed by atoms with Crippen LogP contribution in [-0.4, -0.2) is 17.5 Å². The maximum atomic E-state index is 12.1. The SMILES string of the molecule is C=CCP(=O)(OC(C)C)SC(C)C. The first kappa shape index (κ1) is 13.3. The van der Waals surface area contributed by atoms with Gasteiger partial charge in [0.2, 0.25) is 0 Å². The van der Waals surface area contributed by atoms with Gasteiger partial charge in [0, 0.05) is 5.25 Å². The van der Waals surface area contributed by atoms with E-state index >= 15 is 0 Å². The summed E-state index contributed by atoms with van der Waals surface area (Å²) in [5.74, 6) is 0. The molecule has 0 amide bonds. The van der Waals surface area contributed by atoms with Crippen LogP contribution in [0.25, 0.3) is 0 Å². The van der Waals surface area contributed by atoms with Crippen molar-refractivity contribution in [3.8, 4) is 0 Å². The Morgan fingerprint density at radius 2 is 2.00 bits per heavy atom. The van der Waals surface area contributed by atoms with Crippen molar-refractivity contribution in [2.24, 2.45) is 0 Å². The van der Waals surface area contributed by atoms with Gasteiger partial charge in [0.15, 0.2) is 0 Å². The van der Waals surface area contributed by atoms with Gasteiger partial charge in [0.05, 0.1) is 12.3 Å². The zero-order chi connectivity index (χ0) is 10.5. The normalized spacial score (nSPS) is 16.2. The molecular formula is C9H19O2PS. The Balaban J connectivity index is 4.33. The molecule has 2 nitrogen and oxygen atoms in total. The standard InChI is InChI=1S/C9H19O2PS/c1-6-7-12(10,11-8(2)3)13-9(4)5/h6,8-9H,1,7H2,2-5H3. The number of hydrogen-bond donors (Lipinski definition) is 0. The lowest BCUT2D eigenvalue weighted by atomic mass is 10.5. The van der Waals surface area contributed by atoms with Crippen molar-refractivity contribution in [1.29, 1.82) is 0 Å². The second-order valence-corrected chi connectivity index (χ2v) is 8.64. The van der Waals surface area contributed by atoms with Gasteiger partial charge in [-0.1, -0.05) is 31.3 Å². The highest BCUT2D eigenvalue weighted by Gasteiger charge is 2.25. The van der Waals surface area contributed by atoms with Crippen molar-refractivity contribution in [1.82, 2.24) is 0 Å². The van der Waals surface area contributed by atoms with Crippen LogP contribution in [0.5, 0.6) is 0 Å². The van der Waals surface area contributed by atoms with Crippen LogP contribution in [0.4, 0.5) is 0 Å². The van der Waals surface area contributed by atoms with Gasteiger partial charge < -0.3 is 4.52 Å². The molecule has 0 aliphatic rings.